The van der Waals surface area contributed by atoms with Gasteiger partial charge in [0.15, 0.2) is 11.6 Å². The molecule has 1 aromatic carbocycles. The predicted molar refractivity (Wildman–Crippen MR) is 70.5 cm³/mol. The van der Waals surface area contributed by atoms with Gasteiger partial charge < -0.3 is 14.8 Å². The fraction of sp³-hybridized carbons (Fsp3) is 0.571. The molecule has 1 aromatic rings. The summed E-state index contributed by atoms with van der Waals surface area (Å²) in [6.45, 7) is 6.57. The van der Waals surface area contributed by atoms with E-state index in [9.17, 15) is 4.39 Å². The molecule has 4 heteroatoms. The molecular weight excluding hydrogens is 233 g/mol. The number of rotatable bonds is 6. The zero-order valence-corrected chi connectivity index (χ0v) is 11.7. The van der Waals surface area contributed by atoms with Crippen LogP contribution in [0.15, 0.2) is 18.2 Å². The molecule has 102 valence electrons. The molecule has 0 aliphatic carbocycles. The molecule has 3 nitrogen and oxygen atoms in total. The molecule has 1 unspecified atom stereocenters. The van der Waals surface area contributed by atoms with Crippen LogP contribution in [0.3, 0.4) is 0 Å². The number of nitrogens with one attached hydrogen (secondary N) is 1. The normalized spacial score (nSPS) is 13.4. The Morgan fingerprint density at radius 1 is 1.33 bits per heavy atom. The van der Waals surface area contributed by atoms with E-state index in [1.807, 2.05) is 20.8 Å². The minimum Gasteiger partial charge on any atom is -0.494 e. The summed E-state index contributed by atoms with van der Waals surface area (Å²) < 4.78 is 24.8. The number of hydrogen-bond acceptors (Lipinski definition) is 3. The largest absolute Gasteiger partial charge is 0.494 e. The van der Waals surface area contributed by atoms with Crippen molar-refractivity contribution in [2.45, 2.75) is 32.4 Å². The number of likely N-dealkylation sites (N-methyl/N-ethyl adjacent to an activating group) is 1. The monoisotopic (exact) mass is 255 g/mol. The van der Waals surface area contributed by atoms with Crippen LogP contribution in [0.2, 0.25) is 0 Å². The van der Waals surface area contributed by atoms with Gasteiger partial charge in [-0.15, -0.1) is 0 Å². The number of benzene rings is 1. The smallest absolute Gasteiger partial charge is 0.169 e. The summed E-state index contributed by atoms with van der Waals surface area (Å²) in [5, 5.41) is 3.26. The third kappa shape index (κ3) is 3.00. The standard InChI is InChI=1S/C14H22FNO2/c1-6-16-13(14(2,3)18-5)10-8-7-9-11(17-4)12(10)15/h7-9,13,16H,6H2,1-5H3. The Balaban J connectivity index is 3.22. The molecule has 1 N–H and O–H groups in total. The highest BCUT2D eigenvalue weighted by atomic mass is 19.1. The number of methoxy groups -OCH3 is 2. The molecule has 1 atom stereocenters. The summed E-state index contributed by atoms with van der Waals surface area (Å²) in [7, 11) is 3.09. The third-order valence-electron chi connectivity index (χ3n) is 3.15. The zero-order valence-electron chi connectivity index (χ0n) is 11.7. The van der Waals surface area contributed by atoms with Crippen LogP contribution in [-0.4, -0.2) is 26.4 Å². The Morgan fingerprint density at radius 2 is 2.00 bits per heavy atom. The molecule has 18 heavy (non-hydrogen) atoms. The van der Waals surface area contributed by atoms with E-state index < -0.39 is 5.60 Å². The lowest BCUT2D eigenvalue weighted by Gasteiger charge is -2.34. The molecule has 0 radical (unpaired) electrons. The number of hydrogen-bond donors (Lipinski definition) is 1. The van der Waals surface area contributed by atoms with Crippen LogP contribution >= 0.6 is 0 Å². The molecule has 0 aliphatic rings. The van der Waals surface area contributed by atoms with Gasteiger partial charge in [-0.1, -0.05) is 19.1 Å². The van der Waals surface area contributed by atoms with Crippen molar-refractivity contribution in [3.8, 4) is 5.75 Å². The molecule has 0 heterocycles. The lowest BCUT2D eigenvalue weighted by Crippen LogP contribution is -2.41. The van der Waals surface area contributed by atoms with E-state index in [-0.39, 0.29) is 17.6 Å². The van der Waals surface area contributed by atoms with Crippen LogP contribution < -0.4 is 10.1 Å². The first-order valence-corrected chi connectivity index (χ1v) is 6.08. The van der Waals surface area contributed by atoms with Crippen molar-refractivity contribution in [2.24, 2.45) is 0 Å². The van der Waals surface area contributed by atoms with Crippen LogP contribution in [0.1, 0.15) is 32.4 Å². The maximum absolute atomic E-state index is 14.3. The Labute approximate surface area is 108 Å². The second kappa shape index (κ2) is 6.16. The van der Waals surface area contributed by atoms with Gasteiger partial charge >= 0.3 is 0 Å². The third-order valence-corrected chi connectivity index (χ3v) is 3.15. The van der Waals surface area contributed by atoms with Gasteiger partial charge in [0.1, 0.15) is 0 Å². The fourth-order valence-electron chi connectivity index (χ4n) is 1.96. The van der Waals surface area contributed by atoms with Gasteiger partial charge in [-0.2, -0.15) is 0 Å². The SMILES string of the molecule is CCNC(c1cccc(OC)c1F)C(C)(C)OC. The first-order chi connectivity index (χ1) is 8.47. The van der Waals surface area contributed by atoms with Gasteiger partial charge in [-0.3, -0.25) is 0 Å². The summed E-state index contributed by atoms with van der Waals surface area (Å²) >= 11 is 0. The van der Waals surface area contributed by atoms with Crippen molar-refractivity contribution < 1.29 is 13.9 Å². The zero-order chi connectivity index (χ0) is 13.8. The first kappa shape index (κ1) is 14.9. The Hall–Kier alpha value is -1.13. The van der Waals surface area contributed by atoms with Crippen LogP contribution in [0, 0.1) is 5.82 Å². The highest BCUT2D eigenvalue weighted by Crippen LogP contribution is 2.33. The Morgan fingerprint density at radius 3 is 2.50 bits per heavy atom. The van der Waals surface area contributed by atoms with Crippen LogP contribution in [0.5, 0.6) is 5.75 Å². The molecule has 0 bridgehead atoms. The van der Waals surface area contributed by atoms with E-state index in [1.54, 1.807) is 25.3 Å². The van der Waals surface area contributed by atoms with Crippen LogP contribution in [0.25, 0.3) is 0 Å². The minimum absolute atomic E-state index is 0.234. The average molecular weight is 255 g/mol. The van der Waals surface area contributed by atoms with Crippen molar-refractivity contribution in [1.82, 2.24) is 5.32 Å². The van der Waals surface area contributed by atoms with Crippen molar-refractivity contribution in [2.75, 3.05) is 20.8 Å². The van der Waals surface area contributed by atoms with Gasteiger partial charge in [0, 0.05) is 12.7 Å². The lowest BCUT2D eigenvalue weighted by atomic mass is 9.91. The van der Waals surface area contributed by atoms with Crippen LogP contribution in [-0.2, 0) is 4.74 Å². The van der Waals surface area contributed by atoms with E-state index in [0.717, 1.165) is 6.54 Å². The molecule has 0 fully saturated rings. The predicted octanol–water partition coefficient (Wildman–Crippen LogP) is 2.91. The molecular formula is C14H22FNO2. The van der Waals surface area contributed by atoms with E-state index >= 15 is 0 Å². The Bertz CT molecular complexity index is 393. The van der Waals surface area contributed by atoms with Crippen molar-refractivity contribution in [3.05, 3.63) is 29.6 Å². The van der Waals surface area contributed by atoms with E-state index in [0.29, 0.717) is 5.56 Å². The molecule has 0 spiro atoms. The summed E-state index contributed by atoms with van der Waals surface area (Å²) in [5.41, 5.74) is 0.0477. The van der Waals surface area contributed by atoms with E-state index in [2.05, 4.69) is 5.32 Å². The summed E-state index contributed by atoms with van der Waals surface area (Å²) in [6, 6.07) is 4.92. The maximum Gasteiger partial charge on any atom is 0.169 e. The minimum atomic E-state index is -0.511. The average Bonchev–Trinajstić information content (AvgIpc) is 2.36. The topological polar surface area (TPSA) is 30.5 Å². The fourth-order valence-corrected chi connectivity index (χ4v) is 1.96. The highest BCUT2D eigenvalue weighted by molar-refractivity contribution is 5.34. The quantitative estimate of drug-likeness (QED) is 0.847. The molecule has 0 aliphatic heterocycles. The number of halogens is 1. The van der Waals surface area contributed by atoms with Crippen molar-refractivity contribution in [1.29, 1.82) is 0 Å². The maximum atomic E-state index is 14.3. The molecule has 0 amide bonds. The van der Waals surface area contributed by atoms with E-state index in [4.69, 9.17) is 9.47 Å². The molecule has 0 aromatic heterocycles. The number of ether oxygens (including phenoxy) is 2. The summed E-state index contributed by atoms with van der Waals surface area (Å²) in [6.07, 6.45) is 0. The van der Waals surface area contributed by atoms with Gasteiger partial charge in [-0.25, -0.2) is 4.39 Å². The lowest BCUT2D eigenvalue weighted by molar-refractivity contribution is -0.0117. The van der Waals surface area contributed by atoms with Gasteiger partial charge in [0.05, 0.1) is 18.8 Å². The molecule has 0 saturated carbocycles. The Kier molecular flexibility index (Phi) is 5.11. The van der Waals surface area contributed by atoms with Gasteiger partial charge in [0.2, 0.25) is 0 Å². The van der Waals surface area contributed by atoms with Gasteiger partial charge in [0.25, 0.3) is 0 Å². The second-order valence-corrected chi connectivity index (χ2v) is 4.66. The summed E-state index contributed by atoms with van der Waals surface area (Å²) in [4.78, 5) is 0. The van der Waals surface area contributed by atoms with Crippen molar-refractivity contribution in [3.63, 3.8) is 0 Å². The van der Waals surface area contributed by atoms with Crippen molar-refractivity contribution >= 4 is 0 Å². The highest BCUT2D eigenvalue weighted by Gasteiger charge is 2.32. The summed E-state index contributed by atoms with van der Waals surface area (Å²) in [5.74, 6) is -0.0848. The van der Waals surface area contributed by atoms with Crippen LogP contribution in [0.4, 0.5) is 4.39 Å². The molecule has 1 rings (SSSR count). The first-order valence-electron chi connectivity index (χ1n) is 6.08. The van der Waals surface area contributed by atoms with E-state index in [1.165, 1.54) is 7.11 Å². The molecule has 0 saturated heterocycles. The van der Waals surface area contributed by atoms with Gasteiger partial charge in [-0.05, 0) is 26.5 Å². The second-order valence-electron chi connectivity index (χ2n) is 4.66.